The van der Waals surface area contributed by atoms with Gasteiger partial charge < -0.3 is 20.2 Å². The number of carbonyl (C=O) groups excluding carboxylic acids is 2. The number of nitrogens with zero attached hydrogens (tertiary/aromatic N) is 2. The summed E-state index contributed by atoms with van der Waals surface area (Å²) in [5, 5.41) is 14.3. The van der Waals surface area contributed by atoms with Gasteiger partial charge in [-0.2, -0.15) is 0 Å². The molecule has 6 rings (SSSR count). The van der Waals surface area contributed by atoms with Crippen LogP contribution in [0.4, 0.5) is 11.4 Å². The minimum absolute atomic E-state index is 0.0192. The van der Waals surface area contributed by atoms with Crippen LogP contribution >= 0.6 is 11.3 Å². The van der Waals surface area contributed by atoms with Crippen molar-refractivity contribution in [2.24, 2.45) is 5.92 Å². The van der Waals surface area contributed by atoms with E-state index >= 15 is 0 Å². The standard InChI is InChI=1S/C34H33N3O4S/c38-32(39)15-17-37(34(41)25-10-11-25)21-23-5-3-8-26(19-23)27-12-13-30(29(20-27)35-33(40)31-9-4-18-42-31)36-16-14-24-6-1-2-7-28(24)22-36/h1-9,12-13,18-20,25H,10-11,14-17,21-22H2,(H,35,40)(H,38,39). The Kier molecular flexibility index (Phi) is 8.06. The predicted octanol–water partition coefficient (Wildman–Crippen LogP) is 6.44. The highest BCUT2D eigenvalue weighted by Gasteiger charge is 2.33. The van der Waals surface area contributed by atoms with Crippen molar-refractivity contribution in [1.82, 2.24) is 4.90 Å². The lowest BCUT2D eigenvalue weighted by atomic mass is 9.98. The van der Waals surface area contributed by atoms with Gasteiger partial charge in [-0.1, -0.05) is 54.6 Å². The summed E-state index contributed by atoms with van der Waals surface area (Å²) in [5.74, 6) is -0.993. The molecule has 2 heterocycles. The highest BCUT2D eigenvalue weighted by atomic mass is 32.1. The summed E-state index contributed by atoms with van der Waals surface area (Å²) in [4.78, 5) is 41.9. The first-order chi connectivity index (χ1) is 20.4. The Morgan fingerprint density at radius 2 is 1.74 bits per heavy atom. The molecule has 0 radical (unpaired) electrons. The zero-order valence-electron chi connectivity index (χ0n) is 23.3. The van der Waals surface area contributed by atoms with Crippen molar-refractivity contribution in [1.29, 1.82) is 0 Å². The first-order valence-electron chi connectivity index (χ1n) is 14.3. The van der Waals surface area contributed by atoms with Gasteiger partial charge in [0.25, 0.3) is 5.91 Å². The lowest BCUT2D eigenvalue weighted by Gasteiger charge is -2.32. The number of hydrogen-bond acceptors (Lipinski definition) is 5. The summed E-state index contributed by atoms with van der Waals surface area (Å²) in [6, 6.07) is 26.4. The number of carboxylic acid groups (broad SMARTS) is 1. The van der Waals surface area contributed by atoms with Gasteiger partial charge in [-0.15, -0.1) is 11.3 Å². The SMILES string of the molecule is O=C(O)CCN(Cc1cccc(-c2ccc(N3CCc4ccccc4C3)c(NC(=O)c3cccs3)c2)c1)C(=O)C1CC1. The molecule has 0 spiro atoms. The van der Waals surface area contributed by atoms with E-state index in [9.17, 15) is 19.5 Å². The van der Waals surface area contributed by atoms with E-state index in [0.29, 0.717) is 11.4 Å². The highest BCUT2D eigenvalue weighted by molar-refractivity contribution is 7.12. The van der Waals surface area contributed by atoms with Gasteiger partial charge in [-0.25, -0.2) is 0 Å². The second-order valence-electron chi connectivity index (χ2n) is 11.0. The third kappa shape index (κ3) is 6.39. The van der Waals surface area contributed by atoms with Crippen molar-refractivity contribution in [3.63, 3.8) is 0 Å². The number of aliphatic carboxylic acids is 1. The van der Waals surface area contributed by atoms with Gasteiger partial charge in [0.15, 0.2) is 0 Å². The number of thiophene rings is 1. The highest BCUT2D eigenvalue weighted by Crippen LogP contribution is 2.36. The zero-order chi connectivity index (χ0) is 29.1. The van der Waals surface area contributed by atoms with Gasteiger partial charge in [0.05, 0.1) is 22.7 Å². The van der Waals surface area contributed by atoms with Crippen molar-refractivity contribution < 1.29 is 19.5 Å². The van der Waals surface area contributed by atoms with Crippen LogP contribution < -0.4 is 10.2 Å². The van der Waals surface area contributed by atoms with Gasteiger partial charge in [-0.05, 0) is 76.7 Å². The van der Waals surface area contributed by atoms with E-state index < -0.39 is 5.97 Å². The number of hydrogen-bond donors (Lipinski definition) is 2. The molecular formula is C34H33N3O4S. The van der Waals surface area contributed by atoms with Crippen molar-refractivity contribution in [3.8, 4) is 11.1 Å². The van der Waals surface area contributed by atoms with Crippen LogP contribution in [0.25, 0.3) is 11.1 Å². The van der Waals surface area contributed by atoms with E-state index in [1.54, 1.807) is 4.90 Å². The second kappa shape index (κ2) is 12.2. The van der Waals surface area contributed by atoms with E-state index in [0.717, 1.165) is 60.4 Å². The first kappa shape index (κ1) is 27.7. The predicted molar refractivity (Wildman–Crippen MR) is 166 cm³/mol. The lowest BCUT2D eigenvalue weighted by Crippen LogP contribution is -2.33. The van der Waals surface area contributed by atoms with Gasteiger partial charge >= 0.3 is 5.97 Å². The van der Waals surface area contributed by atoms with Crippen LogP contribution in [0, 0.1) is 5.92 Å². The molecule has 1 aliphatic carbocycles. The largest absolute Gasteiger partial charge is 0.481 e. The Morgan fingerprint density at radius 3 is 2.50 bits per heavy atom. The fourth-order valence-electron chi connectivity index (χ4n) is 5.54. The average molecular weight is 580 g/mol. The molecule has 2 aliphatic rings. The number of rotatable bonds is 10. The molecule has 1 aliphatic heterocycles. The maximum Gasteiger partial charge on any atom is 0.305 e. The molecule has 8 heteroatoms. The number of carboxylic acids is 1. The molecule has 3 aromatic carbocycles. The molecule has 1 fully saturated rings. The van der Waals surface area contributed by atoms with E-state index in [1.807, 2.05) is 47.8 Å². The average Bonchev–Trinajstić information content (AvgIpc) is 3.71. The van der Waals surface area contributed by atoms with Crippen molar-refractivity contribution in [2.45, 2.75) is 38.8 Å². The Bertz CT molecular complexity index is 1610. The summed E-state index contributed by atoms with van der Waals surface area (Å²) in [6.45, 7) is 2.19. The molecule has 2 N–H and O–H groups in total. The van der Waals surface area contributed by atoms with Gasteiger partial charge in [0, 0.05) is 32.1 Å². The monoisotopic (exact) mass is 579 g/mol. The molecule has 0 atom stereocenters. The van der Waals surface area contributed by atoms with Crippen LogP contribution in [0.2, 0.25) is 0 Å². The Morgan fingerprint density at radius 1 is 0.929 bits per heavy atom. The van der Waals surface area contributed by atoms with Crippen LogP contribution in [0.5, 0.6) is 0 Å². The third-order valence-corrected chi connectivity index (χ3v) is 8.80. The normalized spacial score (nSPS) is 14.2. The van der Waals surface area contributed by atoms with Gasteiger partial charge in [-0.3, -0.25) is 14.4 Å². The van der Waals surface area contributed by atoms with Crippen molar-refractivity contribution in [2.75, 3.05) is 23.3 Å². The summed E-state index contributed by atoms with van der Waals surface area (Å²) >= 11 is 1.41. The number of carbonyl (C=O) groups is 3. The molecule has 2 amide bonds. The quantitative estimate of drug-likeness (QED) is 0.226. The van der Waals surface area contributed by atoms with Crippen molar-refractivity contribution in [3.05, 3.63) is 106 Å². The van der Waals surface area contributed by atoms with Crippen LogP contribution in [0.3, 0.4) is 0 Å². The second-order valence-corrected chi connectivity index (χ2v) is 11.9. The molecule has 4 aromatic rings. The van der Waals surface area contributed by atoms with Crippen LogP contribution in [-0.2, 0) is 29.1 Å². The summed E-state index contributed by atoms with van der Waals surface area (Å²) in [7, 11) is 0. The Labute approximate surface area is 249 Å². The van der Waals surface area contributed by atoms with E-state index in [-0.39, 0.29) is 30.7 Å². The molecule has 0 unspecified atom stereocenters. The number of fused-ring (bicyclic) bond motifs is 1. The molecule has 42 heavy (non-hydrogen) atoms. The minimum Gasteiger partial charge on any atom is -0.481 e. The zero-order valence-corrected chi connectivity index (χ0v) is 24.1. The molecular weight excluding hydrogens is 546 g/mol. The van der Waals surface area contributed by atoms with Crippen LogP contribution in [0.15, 0.2) is 84.2 Å². The molecule has 0 bridgehead atoms. The smallest absolute Gasteiger partial charge is 0.305 e. The van der Waals surface area contributed by atoms with Crippen molar-refractivity contribution >= 4 is 40.5 Å². The van der Waals surface area contributed by atoms with Crippen LogP contribution in [-0.4, -0.2) is 40.9 Å². The summed E-state index contributed by atoms with van der Waals surface area (Å²) in [5.41, 5.74) is 7.24. The van der Waals surface area contributed by atoms with Crippen LogP contribution in [0.1, 0.15) is 45.6 Å². The van der Waals surface area contributed by atoms with E-state index in [1.165, 1.54) is 22.5 Å². The van der Waals surface area contributed by atoms with Gasteiger partial charge in [0.1, 0.15) is 0 Å². The number of nitrogens with one attached hydrogen (secondary N) is 1. The minimum atomic E-state index is -0.910. The maximum absolute atomic E-state index is 13.2. The van der Waals surface area contributed by atoms with E-state index in [2.05, 4.69) is 46.6 Å². The van der Waals surface area contributed by atoms with E-state index in [4.69, 9.17) is 0 Å². The number of benzene rings is 3. The molecule has 7 nitrogen and oxygen atoms in total. The first-order valence-corrected chi connectivity index (χ1v) is 15.2. The number of anilines is 2. The van der Waals surface area contributed by atoms with Gasteiger partial charge in [0.2, 0.25) is 5.91 Å². The molecule has 0 saturated heterocycles. The number of amides is 2. The molecule has 214 valence electrons. The Hall–Kier alpha value is -4.43. The third-order valence-electron chi connectivity index (χ3n) is 7.93. The fraction of sp³-hybridized carbons (Fsp3) is 0.265. The molecule has 1 saturated carbocycles. The summed E-state index contributed by atoms with van der Waals surface area (Å²) in [6.07, 6.45) is 2.61. The Balaban J connectivity index is 1.29. The molecule has 1 aromatic heterocycles. The lowest BCUT2D eigenvalue weighted by molar-refractivity contribution is -0.139. The summed E-state index contributed by atoms with van der Waals surface area (Å²) < 4.78 is 0. The fourth-order valence-corrected chi connectivity index (χ4v) is 6.16. The maximum atomic E-state index is 13.2. The topological polar surface area (TPSA) is 89.9 Å².